The van der Waals surface area contributed by atoms with Crippen LogP contribution in [0.4, 0.5) is 0 Å². The van der Waals surface area contributed by atoms with E-state index in [1.807, 2.05) is 23.9 Å². The molecular weight excluding hydrogens is 254 g/mol. The van der Waals surface area contributed by atoms with Crippen LogP contribution in [0.5, 0.6) is 0 Å². The monoisotopic (exact) mass is 281 g/mol. The molecule has 5 nitrogen and oxygen atoms in total. The topological polar surface area (TPSA) is 52.7 Å². The van der Waals surface area contributed by atoms with Crippen molar-refractivity contribution < 1.29 is 9.59 Å². The Bertz CT molecular complexity index is 347. The number of piperidine rings is 1. The minimum absolute atomic E-state index is 0.0904. The average molecular weight is 281 g/mol. The van der Waals surface area contributed by atoms with Gasteiger partial charge in [-0.05, 0) is 39.3 Å². The zero-order chi connectivity index (χ0) is 15.1. The quantitative estimate of drug-likeness (QED) is 0.735. The number of hydrogen-bond acceptors (Lipinski definition) is 3. The van der Waals surface area contributed by atoms with E-state index in [1.165, 1.54) is 0 Å². The van der Waals surface area contributed by atoms with Crippen molar-refractivity contribution in [3.8, 4) is 0 Å². The van der Waals surface area contributed by atoms with Gasteiger partial charge in [0.25, 0.3) is 0 Å². The van der Waals surface area contributed by atoms with Crippen LogP contribution in [0.1, 0.15) is 25.7 Å². The molecule has 0 aromatic rings. The third kappa shape index (κ3) is 4.63. The fourth-order valence-electron chi connectivity index (χ4n) is 2.62. The van der Waals surface area contributed by atoms with Gasteiger partial charge in [-0.1, -0.05) is 6.08 Å². The molecule has 1 fully saturated rings. The van der Waals surface area contributed by atoms with Crippen LogP contribution < -0.4 is 5.32 Å². The highest BCUT2D eigenvalue weighted by Gasteiger charge is 2.29. The number of likely N-dealkylation sites (N-methyl/N-ethyl adjacent to an activating group) is 1. The predicted octanol–water partition coefficient (Wildman–Crippen LogP) is 0.867. The van der Waals surface area contributed by atoms with Gasteiger partial charge >= 0.3 is 0 Å². The lowest BCUT2D eigenvalue weighted by molar-refractivity contribution is -0.137. The largest absolute Gasteiger partial charge is 0.359 e. The smallest absolute Gasteiger partial charge is 0.240 e. The van der Waals surface area contributed by atoms with Gasteiger partial charge in [-0.3, -0.25) is 14.5 Å². The van der Waals surface area contributed by atoms with E-state index >= 15 is 0 Å². The Morgan fingerprint density at radius 3 is 2.45 bits per heavy atom. The van der Waals surface area contributed by atoms with Gasteiger partial charge in [0.2, 0.25) is 11.8 Å². The number of amides is 2. The molecule has 0 spiro atoms. The second-order valence-corrected chi connectivity index (χ2v) is 5.65. The van der Waals surface area contributed by atoms with Crippen LogP contribution in [-0.4, -0.2) is 61.9 Å². The Morgan fingerprint density at radius 2 is 2.00 bits per heavy atom. The van der Waals surface area contributed by atoms with Gasteiger partial charge in [-0.25, -0.2) is 0 Å². The van der Waals surface area contributed by atoms with Gasteiger partial charge in [0.1, 0.15) is 0 Å². The highest BCUT2D eigenvalue weighted by Crippen LogP contribution is 2.21. The van der Waals surface area contributed by atoms with Crippen LogP contribution in [0.2, 0.25) is 0 Å². The number of likely N-dealkylation sites (tertiary alicyclic amines) is 1. The second-order valence-electron chi connectivity index (χ2n) is 5.65. The van der Waals surface area contributed by atoms with Crippen molar-refractivity contribution in [1.82, 2.24) is 15.1 Å². The summed E-state index contributed by atoms with van der Waals surface area (Å²) >= 11 is 0. The minimum Gasteiger partial charge on any atom is -0.359 e. The Balaban J connectivity index is 2.49. The van der Waals surface area contributed by atoms with Gasteiger partial charge in [-0.2, -0.15) is 0 Å². The van der Waals surface area contributed by atoms with Crippen molar-refractivity contribution in [2.45, 2.75) is 31.7 Å². The van der Waals surface area contributed by atoms with E-state index in [4.69, 9.17) is 0 Å². The molecule has 0 aromatic heterocycles. The standard InChI is InChI=1S/C15H27N3O2/c1-5-6-13(17(3)4)15(20)18-9-7-12(8-10-18)11-14(19)16-2/h5,12-13H,1,6-11H2,2-4H3,(H,16,19). The van der Waals surface area contributed by atoms with E-state index in [0.717, 1.165) is 25.9 Å². The molecule has 0 saturated carbocycles. The van der Waals surface area contributed by atoms with E-state index in [2.05, 4.69) is 11.9 Å². The van der Waals surface area contributed by atoms with E-state index in [1.54, 1.807) is 13.1 Å². The highest BCUT2D eigenvalue weighted by atomic mass is 16.2. The Morgan fingerprint density at radius 1 is 1.40 bits per heavy atom. The lowest BCUT2D eigenvalue weighted by atomic mass is 9.92. The summed E-state index contributed by atoms with van der Waals surface area (Å²) in [5.74, 6) is 0.664. The fourth-order valence-corrected chi connectivity index (χ4v) is 2.62. The lowest BCUT2D eigenvalue weighted by Gasteiger charge is -2.35. The molecule has 1 N–H and O–H groups in total. The zero-order valence-electron chi connectivity index (χ0n) is 12.9. The maximum absolute atomic E-state index is 12.5. The molecule has 2 amide bonds. The molecule has 1 saturated heterocycles. The predicted molar refractivity (Wildman–Crippen MR) is 80.3 cm³/mol. The molecule has 0 bridgehead atoms. The molecule has 5 heteroatoms. The summed E-state index contributed by atoms with van der Waals surface area (Å²) in [6, 6.07) is -0.122. The van der Waals surface area contributed by atoms with E-state index < -0.39 is 0 Å². The lowest BCUT2D eigenvalue weighted by Crippen LogP contribution is -2.48. The van der Waals surface area contributed by atoms with E-state index in [0.29, 0.717) is 18.8 Å². The molecule has 1 aliphatic rings. The first-order valence-corrected chi connectivity index (χ1v) is 7.26. The number of nitrogens with one attached hydrogen (secondary N) is 1. The molecule has 0 radical (unpaired) electrons. The molecule has 114 valence electrons. The molecule has 1 unspecified atom stereocenters. The number of carbonyl (C=O) groups excluding carboxylic acids is 2. The molecule has 1 heterocycles. The van der Waals surface area contributed by atoms with Crippen LogP contribution in [0.15, 0.2) is 12.7 Å². The Kier molecular flexibility index (Phi) is 6.71. The summed E-state index contributed by atoms with van der Waals surface area (Å²) in [7, 11) is 5.51. The summed E-state index contributed by atoms with van der Waals surface area (Å²) in [5, 5.41) is 2.66. The number of nitrogens with zero attached hydrogens (tertiary/aromatic N) is 2. The second kappa shape index (κ2) is 8.04. The zero-order valence-corrected chi connectivity index (χ0v) is 12.9. The van der Waals surface area contributed by atoms with Crippen molar-refractivity contribution in [3.63, 3.8) is 0 Å². The van der Waals surface area contributed by atoms with Crippen molar-refractivity contribution in [1.29, 1.82) is 0 Å². The van der Waals surface area contributed by atoms with Crippen molar-refractivity contribution in [2.75, 3.05) is 34.2 Å². The fraction of sp³-hybridized carbons (Fsp3) is 0.733. The van der Waals surface area contributed by atoms with Crippen LogP contribution >= 0.6 is 0 Å². The van der Waals surface area contributed by atoms with Crippen molar-refractivity contribution in [3.05, 3.63) is 12.7 Å². The summed E-state index contributed by atoms with van der Waals surface area (Å²) in [4.78, 5) is 27.7. The van der Waals surface area contributed by atoms with Gasteiger partial charge in [0, 0.05) is 26.6 Å². The average Bonchev–Trinajstić information content (AvgIpc) is 2.44. The molecule has 0 aliphatic carbocycles. The van der Waals surface area contributed by atoms with Crippen LogP contribution in [0.3, 0.4) is 0 Å². The minimum atomic E-state index is -0.122. The van der Waals surface area contributed by atoms with Crippen molar-refractivity contribution in [2.24, 2.45) is 5.92 Å². The summed E-state index contributed by atoms with van der Waals surface area (Å²) < 4.78 is 0. The van der Waals surface area contributed by atoms with Gasteiger partial charge in [-0.15, -0.1) is 6.58 Å². The highest BCUT2D eigenvalue weighted by molar-refractivity contribution is 5.82. The summed E-state index contributed by atoms with van der Waals surface area (Å²) in [6.45, 7) is 5.23. The number of hydrogen-bond donors (Lipinski definition) is 1. The van der Waals surface area contributed by atoms with Crippen LogP contribution in [0.25, 0.3) is 0 Å². The van der Waals surface area contributed by atoms with Gasteiger partial charge in [0.15, 0.2) is 0 Å². The third-order valence-corrected chi connectivity index (χ3v) is 3.98. The first kappa shape index (κ1) is 16.7. The molecule has 1 aliphatic heterocycles. The summed E-state index contributed by atoms with van der Waals surface area (Å²) in [6.07, 6.45) is 4.86. The van der Waals surface area contributed by atoms with Crippen molar-refractivity contribution >= 4 is 11.8 Å². The molecular formula is C15H27N3O2. The first-order chi connectivity index (χ1) is 9.49. The molecule has 0 aromatic carbocycles. The van der Waals surface area contributed by atoms with E-state index in [9.17, 15) is 9.59 Å². The maximum Gasteiger partial charge on any atom is 0.240 e. The normalized spacial score (nSPS) is 17.9. The van der Waals surface area contributed by atoms with E-state index in [-0.39, 0.29) is 17.9 Å². The maximum atomic E-state index is 12.5. The Labute approximate surface area is 122 Å². The SMILES string of the molecule is C=CCC(C(=O)N1CCC(CC(=O)NC)CC1)N(C)C. The first-order valence-electron chi connectivity index (χ1n) is 7.26. The number of carbonyl (C=O) groups is 2. The van der Waals surface area contributed by atoms with Crippen LogP contribution in [-0.2, 0) is 9.59 Å². The Hall–Kier alpha value is -1.36. The molecule has 1 rings (SSSR count). The number of rotatable bonds is 6. The third-order valence-electron chi connectivity index (χ3n) is 3.98. The van der Waals surface area contributed by atoms with Gasteiger partial charge < -0.3 is 10.2 Å². The summed E-state index contributed by atoms with van der Waals surface area (Å²) in [5.41, 5.74) is 0. The van der Waals surface area contributed by atoms with Crippen LogP contribution in [0, 0.1) is 5.92 Å². The molecule has 20 heavy (non-hydrogen) atoms. The van der Waals surface area contributed by atoms with Gasteiger partial charge in [0.05, 0.1) is 6.04 Å². The molecule has 1 atom stereocenters.